The molecule has 0 bridgehead atoms. The SMILES string of the molecule is COc1cc(OC)c(Cl)c(N2Cc3cnc(S(C)=O)nc3N(CCc3ccc(N)cc3)C2=O)c1Cl. The Labute approximate surface area is 215 Å². The Morgan fingerprint density at radius 1 is 1.11 bits per heavy atom. The zero-order valence-electron chi connectivity index (χ0n) is 19.2. The van der Waals surface area contributed by atoms with Crippen LogP contribution in [-0.2, 0) is 23.8 Å². The Hall–Kier alpha value is -3.08. The predicted octanol–water partition coefficient (Wildman–Crippen LogP) is 4.31. The summed E-state index contributed by atoms with van der Waals surface area (Å²) in [6, 6.07) is 8.55. The maximum Gasteiger partial charge on any atom is 0.330 e. The Kier molecular flexibility index (Phi) is 7.34. The molecule has 2 aromatic carbocycles. The molecule has 0 saturated carbocycles. The quantitative estimate of drug-likeness (QED) is 0.354. The van der Waals surface area contributed by atoms with Gasteiger partial charge in [-0.2, -0.15) is 0 Å². The van der Waals surface area contributed by atoms with Gasteiger partial charge in [0.2, 0.25) is 5.16 Å². The van der Waals surface area contributed by atoms with E-state index >= 15 is 0 Å². The number of methoxy groups -OCH3 is 2. The lowest BCUT2D eigenvalue weighted by Gasteiger charge is -2.37. The highest BCUT2D eigenvalue weighted by molar-refractivity contribution is 7.84. The van der Waals surface area contributed by atoms with E-state index in [-0.39, 0.29) is 34.0 Å². The van der Waals surface area contributed by atoms with E-state index in [2.05, 4.69) is 9.97 Å². The first-order valence-corrected chi connectivity index (χ1v) is 12.8. The van der Waals surface area contributed by atoms with Gasteiger partial charge in [-0.15, -0.1) is 0 Å². The Bertz CT molecular complexity index is 1280. The third kappa shape index (κ3) is 4.86. The van der Waals surface area contributed by atoms with Crippen molar-refractivity contribution < 1.29 is 18.5 Å². The van der Waals surface area contributed by atoms with Crippen LogP contribution in [0.25, 0.3) is 0 Å². The highest BCUT2D eigenvalue weighted by Crippen LogP contribution is 2.47. The zero-order chi connectivity index (χ0) is 25.3. The summed E-state index contributed by atoms with van der Waals surface area (Å²) in [6.07, 6.45) is 3.57. The Morgan fingerprint density at radius 3 is 2.31 bits per heavy atom. The van der Waals surface area contributed by atoms with E-state index in [0.717, 1.165) is 5.56 Å². The fourth-order valence-electron chi connectivity index (χ4n) is 3.75. The van der Waals surface area contributed by atoms with Crippen LogP contribution in [0.15, 0.2) is 41.7 Å². The number of benzene rings is 2. The molecule has 2 amide bonds. The fourth-order valence-corrected chi connectivity index (χ4v) is 4.87. The molecule has 1 aromatic heterocycles. The van der Waals surface area contributed by atoms with Gasteiger partial charge in [0, 0.05) is 36.3 Å². The maximum absolute atomic E-state index is 13.8. The summed E-state index contributed by atoms with van der Waals surface area (Å²) in [4.78, 5) is 25.4. The van der Waals surface area contributed by atoms with Gasteiger partial charge in [0.25, 0.3) is 0 Å². The fraction of sp³-hybridized carbons (Fsp3) is 0.261. The van der Waals surface area contributed by atoms with E-state index < -0.39 is 16.8 Å². The minimum Gasteiger partial charge on any atom is -0.495 e. The molecule has 1 atom stereocenters. The normalized spacial score (nSPS) is 14.0. The number of nitrogens with zero attached hydrogens (tertiary/aromatic N) is 4. The van der Waals surface area contributed by atoms with Gasteiger partial charge in [0.05, 0.1) is 37.3 Å². The van der Waals surface area contributed by atoms with Crippen LogP contribution >= 0.6 is 23.2 Å². The second kappa shape index (κ2) is 10.3. The first kappa shape index (κ1) is 25.0. The van der Waals surface area contributed by atoms with Crippen LogP contribution in [-0.4, -0.2) is 47.2 Å². The molecule has 0 aliphatic carbocycles. The van der Waals surface area contributed by atoms with Crippen LogP contribution in [0, 0.1) is 0 Å². The molecule has 0 saturated heterocycles. The van der Waals surface area contributed by atoms with Crippen LogP contribution in [0.5, 0.6) is 11.5 Å². The van der Waals surface area contributed by atoms with Crippen molar-refractivity contribution in [2.24, 2.45) is 0 Å². The number of anilines is 3. The number of urea groups is 1. The molecule has 3 aromatic rings. The van der Waals surface area contributed by atoms with Crippen LogP contribution in [0.1, 0.15) is 11.1 Å². The van der Waals surface area contributed by atoms with Crippen molar-refractivity contribution >= 4 is 57.2 Å². The monoisotopic (exact) mass is 535 g/mol. The second-order valence-corrected chi connectivity index (χ2v) is 9.75. The summed E-state index contributed by atoms with van der Waals surface area (Å²) >= 11 is 13.2. The van der Waals surface area contributed by atoms with Gasteiger partial charge in [-0.05, 0) is 24.1 Å². The molecule has 0 fully saturated rings. The van der Waals surface area contributed by atoms with E-state index in [4.69, 9.17) is 38.4 Å². The molecule has 1 aliphatic heterocycles. The lowest BCUT2D eigenvalue weighted by molar-refractivity contribution is 0.249. The molecule has 2 N–H and O–H groups in total. The van der Waals surface area contributed by atoms with Gasteiger partial charge >= 0.3 is 6.03 Å². The Balaban J connectivity index is 1.80. The van der Waals surface area contributed by atoms with Gasteiger partial charge in [0.1, 0.15) is 27.4 Å². The summed E-state index contributed by atoms with van der Waals surface area (Å²) in [5.74, 6) is 1.01. The van der Waals surface area contributed by atoms with Crippen molar-refractivity contribution in [2.45, 2.75) is 18.1 Å². The number of ether oxygens (including phenoxy) is 2. The molecule has 2 heterocycles. The lowest BCUT2D eigenvalue weighted by Crippen LogP contribution is -2.49. The van der Waals surface area contributed by atoms with Crippen LogP contribution in [0.4, 0.5) is 22.0 Å². The summed E-state index contributed by atoms with van der Waals surface area (Å²) < 4.78 is 22.8. The molecule has 184 valence electrons. The summed E-state index contributed by atoms with van der Waals surface area (Å²) in [5, 5.41) is 0.475. The van der Waals surface area contributed by atoms with Crippen LogP contribution in [0.2, 0.25) is 10.0 Å². The average Bonchev–Trinajstić information content (AvgIpc) is 2.85. The number of rotatable bonds is 7. The minimum absolute atomic E-state index is 0.0962. The van der Waals surface area contributed by atoms with Crippen molar-refractivity contribution in [3.8, 4) is 11.5 Å². The number of aromatic nitrogens is 2. The standard InChI is InChI=1S/C23H23Cl2N5O4S/c1-33-16-10-17(34-2)19(25)20(18(16)24)30-12-14-11-27-22(35(3)32)28-21(14)29(23(30)31)9-8-13-4-6-15(26)7-5-13/h4-7,10-11H,8-9,12,26H2,1-3H3. The average molecular weight is 536 g/mol. The van der Waals surface area contributed by atoms with Gasteiger partial charge in [-0.1, -0.05) is 35.3 Å². The van der Waals surface area contributed by atoms with Gasteiger partial charge < -0.3 is 15.2 Å². The molecule has 0 radical (unpaired) electrons. The zero-order valence-corrected chi connectivity index (χ0v) is 21.6. The molecule has 1 unspecified atom stereocenters. The molecule has 35 heavy (non-hydrogen) atoms. The van der Waals surface area contributed by atoms with Gasteiger partial charge in [-0.25, -0.2) is 14.8 Å². The number of nitrogens with two attached hydrogens (primary N) is 1. The smallest absolute Gasteiger partial charge is 0.330 e. The first-order chi connectivity index (χ1) is 16.7. The molecular weight excluding hydrogens is 513 g/mol. The molecular formula is C23H23Cl2N5O4S. The third-order valence-corrected chi connectivity index (χ3v) is 6.99. The minimum atomic E-state index is -1.42. The van der Waals surface area contributed by atoms with Gasteiger partial charge in [-0.3, -0.25) is 14.0 Å². The maximum atomic E-state index is 13.8. The second-order valence-electron chi connectivity index (χ2n) is 7.73. The van der Waals surface area contributed by atoms with Crippen molar-refractivity contribution in [1.82, 2.24) is 9.97 Å². The van der Waals surface area contributed by atoms with Gasteiger partial charge in [0.15, 0.2) is 0 Å². The molecule has 1 aliphatic rings. The highest BCUT2D eigenvalue weighted by Gasteiger charge is 2.36. The number of hydrogen-bond acceptors (Lipinski definition) is 7. The van der Waals surface area contributed by atoms with E-state index in [1.165, 1.54) is 30.3 Å². The highest BCUT2D eigenvalue weighted by atomic mass is 35.5. The van der Waals surface area contributed by atoms with Crippen molar-refractivity contribution in [1.29, 1.82) is 0 Å². The first-order valence-electron chi connectivity index (χ1n) is 10.5. The Morgan fingerprint density at radius 2 is 1.74 bits per heavy atom. The number of amides is 2. The number of halogens is 2. The number of carbonyl (C=O) groups excluding carboxylic acids is 1. The topological polar surface area (TPSA) is 111 Å². The van der Waals surface area contributed by atoms with E-state index in [1.54, 1.807) is 24.4 Å². The largest absolute Gasteiger partial charge is 0.495 e. The summed E-state index contributed by atoms with van der Waals surface area (Å²) in [6.45, 7) is 0.383. The van der Waals surface area contributed by atoms with Crippen molar-refractivity contribution in [2.75, 3.05) is 42.6 Å². The van der Waals surface area contributed by atoms with E-state index in [0.29, 0.717) is 35.0 Å². The molecule has 9 nitrogen and oxygen atoms in total. The molecule has 0 spiro atoms. The van der Waals surface area contributed by atoms with E-state index in [9.17, 15) is 9.00 Å². The van der Waals surface area contributed by atoms with Crippen LogP contribution in [0.3, 0.4) is 0 Å². The summed E-state index contributed by atoms with van der Waals surface area (Å²) in [7, 11) is 1.51. The van der Waals surface area contributed by atoms with Crippen molar-refractivity contribution in [3.05, 3.63) is 57.7 Å². The predicted molar refractivity (Wildman–Crippen MR) is 137 cm³/mol. The number of fused-ring (bicyclic) bond motifs is 1. The van der Waals surface area contributed by atoms with Crippen LogP contribution < -0.4 is 25.0 Å². The lowest BCUT2D eigenvalue weighted by atomic mass is 10.1. The van der Waals surface area contributed by atoms with E-state index in [1.807, 2.05) is 12.1 Å². The number of hydrogen-bond donors (Lipinski definition) is 1. The molecule has 12 heteroatoms. The number of nitrogen functional groups attached to an aromatic ring is 1. The number of carbonyl (C=O) groups is 1. The van der Waals surface area contributed by atoms with Crippen molar-refractivity contribution in [3.63, 3.8) is 0 Å². The summed E-state index contributed by atoms with van der Waals surface area (Å²) in [5.41, 5.74) is 8.32. The third-order valence-electron chi connectivity index (χ3n) is 5.55. The molecule has 4 rings (SSSR count).